The van der Waals surface area contributed by atoms with Gasteiger partial charge in [0.1, 0.15) is 5.75 Å². The number of guanidine groups is 1. The van der Waals surface area contributed by atoms with Gasteiger partial charge in [-0.3, -0.25) is 4.99 Å². The van der Waals surface area contributed by atoms with Gasteiger partial charge in [0.25, 0.3) is 0 Å². The summed E-state index contributed by atoms with van der Waals surface area (Å²) in [6.45, 7) is 0.264. The summed E-state index contributed by atoms with van der Waals surface area (Å²) in [4.78, 5) is 4.18. The SMILES string of the molecule is CCOc1cc(CNC(=NC)NCc2ccc(OC)cc2)ccc1OC(F)F. The molecule has 0 fully saturated rings. The molecule has 0 saturated carbocycles. The van der Waals surface area contributed by atoms with Crippen LogP contribution in [0.25, 0.3) is 0 Å². The molecule has 0 aliphatic heterocycles. The first kappa shape index (κ1) is 21.3. The average Bonchev–Trinajstić information content (AvgIpc) is 2.70. The van der Waals surface area contributed by atoms with E-state index in [0.717, 1.165) is 16.9 Å². The summed E-state index contributed by atoms with van der Waals surface area (Å²) in [6, 6.07) is 12.6. The Bertz CT molecular complexity index is 768. The Morgan fingerprint density at radius 3 is 2.21 bits per heavy atom. The number of hydrogen-bond acceptors (Lipinski definition) is 4. The van der Waals surface area contributed by atoms with Crippen LogP contribution >= 0.6 is 0 Å². The maximum absolute atomic E-state index is 12.5. The highest BCUT2D eigenvalue weighted by Crippen LogP contribution is 2.29. The Kier molecular flexibility index (Phi) is 8.33. The van der Waals surface area contributed by atoms with E-state index in [1.165, 1.54) is 6.07 Å². The van der Waals surface area contributed by atoms with Gasteiger partial charge in [-0.1, -0.05) is 18.2 Å². The molecule has 6 nitrogen and oxygen atoms in total. The lowest BCUT2D eigenvalue weighted by molar-refractivity contribution is -0.0514. The zero-order valence-corrected chi connectivity index (χ0v) is 16.2. The van der Waals surface area contributed by atoms with Crippen molar-refractivity contribution in [1.29, 1.82) is 0 Å². The number of methoxy groups -OCH3 is 1. The van der Waals surface area contributed by atoms with Crippen molar-refractivity contribution in [2.24, 2.45) is 4.99 Å². The lowest BCUT2D eigenvalue weighted by Crippen LogP contribution is -2.36. The summed E-state index contributed by atoms with van der Waals surface area (Å²) in [6.07, 6.45) is 0. The third kappa shape index (κ3) is 6.61. The Morgan fingerprint density at radius 1 is 1.00 bits per heavy atom. The van der Waals surface area contributed by atoms with Crippen molar-refractivity contribution in [1.82, 2.24) is 10.6 Å². The predicted molar refractivity (Wildman–Crippen MR) is 104 cm³/mol. The number of hydrogen-bond donors (Lipinski definition) is 2. The van der Waals surface area contributed by atoms with Gasteiger partial charge in [-0.05, 0) is 42.3 Å². The molecule has 8 heteroatoms. The van der Waals surface area contributed by atoms with Crippen molar-refractivity contribution in [3.05, 3.63) is 53.6 Å². The lowest BCUT2D eigenvalue weighted by Gasteiger charge is -2.15. The summed E-state index contributed by atoms with van der Waals surface area (Å²) >= 11 is 0. The molecule has 2 rings (SSSR count). The normalized spacial score (nSPS) is 11.3. The van der Waals surface area contributed by atoms with Crippen LogP contribution in [0, 0.1) is 0 Å². The fourth-order valence-corrected chi connectivity index (χ4v) is 2.46. The summed E-state index contributed by atoms with van der Waals surface area (Å²) < 4.78 is 40.0. The fourth-order valence-electron chi connectivity index (χ4n) is 2.46. The van der Waals surface area contributed by atoms with E-state index in [1.807, 2.05) is 24.3 Å². The molecule has 0 amide bonds. The van der Waals surface area contributed by atoms with Crippen LogP contribution in [0.15, 0.2) is 47.5 Å². The fraction of sp³-hybridized carbons (Fsp3) is 0.350. The number of aliphatic imine (C=N–C) groups is 1. The molecular weight excluding hydrogens is 368 g/mol. The minimum Gasteiger partial charge on any atom is -0.497 e. The molecule has 152 valence electrons. The molecule has 2 N–H and O–H groups in total. The van der Waals surface area contributed by atoms with Crippen molar-refractivity contribution >= 4 is 5.96 Å². The van der Waals surface area contributed by atoms with E-state index in [0.29, 0.717) is 25.7 Å². The standard InChI is InChI=1S/C20H25F2N3O3/c1-4-27-18-11-15(7-10-17(18)28-19(21)22)13-25-20(23-2)24-12-14-5-8-16(26-3)9-6-14/h5-11,19H,4,12-13H2,1-3H3,(H2,23,24,25). The Hall–Kier alpha value is -3.03. The van der Waals surface area contributed by atoms with Gasteiger partial charge in [0.15, 0.2) is 17.5 Å². The van der Waals surface area contributed by atoms with E-state index in [9.17, 15) is 8.78 Å². The number of halogens is 2. The molecule has 0 atom stereocenters. The summed E-state index contributed by atoms with van der Waals surface area (Å²) in [5.74, 6) is 1.71. The molecule has 2 aromatic carbocycles. The minimum atomic E-state index is -2.90. The Balaban J connectivity index is 1.93. The third-order valence-electron chi connectivity index (χ3n) is 3.83. The topological polar surface area (TPSA) is 64.1 Å². The largest absolute Gasteiger partial charge is 0.497 e. The number of nitrogens with zero attached hydrogens (tertiary/aromatic N) is 1. The molecule has 0 radical (unpaired) electrons. The van der Waals surface area contributed by atoms with Crippen LogP contribution in [0.5, 0.6) is 17.2 Å². The first-order valence-electron chi connectivity index (χ1n) is 8.83. The Morgan fingerprint density at radius 2 is 1.64 bits per heavy atom. The monoisotopic (exact) mass is 393 g/mol. The van der Waals surface area contributed by atoms with Crippen LogP contribution in [-0.4, -0.2) is 33.3 Å². The van der Waals surface area contributed by atoms with Crippen molar-refractivity contribution < 1.29 is 23.0 Å². The van der Waals surface area contributed by atoms with Crippen LogP contribution < -0.4 is 24.8 Å². The zero-order valence-electron chi connectivity index (χ0n) is 16.2. The zero-order chi connectivity index (χ0) is 20.4. The van der Waals surface area contributed by atoms with E-state index in [-0.39, 0.29) is 11.5 Å². The molecule has 0 aliphatic carbocycles. The van der Waals surface area contributed by atoms with E-state index in [2.05, 4.69) is 20.4 Å². The van der Waals surface area contributed by atoms with Crippen LogP contribution in [0.1, 0.15) is 18.1 Å². The molecule has 0 bridgehead atoms. The van der Waals surface area contributed by atoms with Gasteiger partial charge >= 0.3 is 6.61 Å². The maximum atomic E-state index is 12.5. The molecular formula is C20H25F2N3O3. The van der Waals surface area contributed by atoms with Gasteiger partial charge in [0.05, 0.1) is 13.7 Å². The van der Waals surface area contributed by atoms with Gasteiger partial charge in [-0.2, -0.15) is 8.78 Å². The summed E-state index contributed by atoms with van der Waals surface area (Å²) in [7, 11) is 3.30. The maximum Gasteiger partial charge on any atom is 0.387 e. The van der Waals surface area contributed by atoms with Crippen LogP contribution in [-0.2, 0) is 13.1 Å². The molecule has 2 aromatic rings. The number of nitrogens with one attached hydrogen (secondary N) is 2. The van der Waals surface area contributed by atoms with Gasteiger partial charge < -0.3 is 24.8 Å². The Labute approximate surface area is 163 Å². The van der Waals surface area contributed by atoms with Gasteiger partial charge in [-0.25, -0.2) is 0 Å². The molecule has 0 spiro atoms. The van der Waals surface area contributed by atoms with E-state index >= 15 is 0 Å². The highest BCUT2D eigenvalue weighted by Gasteiger charge is 2.11. The van der Waals surface area contributed by atoms with E-state index < -0.39 is 6.61 Å². The van der Waals surface area contributed by atoms with Crippen LogP contribution in [0.2, 0.25) is 0 Å². The van der Waals surface area contributed by atoms with E-state index in [4.69, 9.17) is 9.47 Å². The molecule has 0 aliphatic rings. The number of rotatable bonds is 9. The first-order valence-corrected chi connectivity index (χ1v) is 8.83. The molecule has 28 heavy (non-hydrogen) atoms. The highest BCUT2D eigenvalue weighted by atomic mass is 19.3. The van der Waals surface area contributed by atoms with Crippen LogP contribution in [0.3, 0.4) is 0 Å². The second kappa shape index (κ2) is 11.0. The number of benzene rings is 2. The molecule has 0 saturated heterocycles. The number of alkyl halides is 2. The van der Waals surface area contributed by atoms with Gasteiger partial charge in [0, 0.05) is 20.1 Å². The smallest absolute Gasteiger partial charge is 0.387 e. The van der Waals surface area contributed by atoms with Crippen molar-refractivity contribution in [2.45, 2.75) is 26.6 Å². The second-order valence-corrected chi connectivity index (χ2v) is 5.72. The number of ether oxygens (including phenoxy) is 3. The predicted octanol–water partition coefficient (Wildman–Crippen LogP) is 3.56. The van der Waals surface area contributed by atoms with E-state index in [1.54, 1.807) is 33.2 Å². The van der Waals surface area contributed by atoms with Gasteiger partial charge in [-0.15, -0.1) is 0 Å². The minimum absolute atomic E-state index is 0.0163. The summed E-state index contributed by atoms with van der Waals surface area (Å²) in [5, 5.41) is 6.39. The second-order valence-electron chi connectivity index (χ2n) is 5.72. The highest BCUT2D eigenvalue weighted by molar-refractivity contribution is 5.79. The van der Waals surface area contributed by atoms with Crippen LogP contribution in [0.4, 0.5) is 8.78 Å². The first-order chi connectivity index (χ1) is 13.5. The molecule has 0 aromatic heterocycles. The van der Waals surface area contributed by atoms with Gasteiger partial charge in [0.2, 0.25) is 0 Å². The van der Waals surface area contributed by atoms with Crippen molar-refractivity contribution in [2.75, 3.05) is 20.8 Å². The van der Waals surface area contributed by atoms with Crippen molar-refractivity contribution in [3.8, 4) is 17.2 Å². The lowest BCUT2D eigenvalue weighted by atomic mass is 10.2. The quantitative estimate of drug-likeness (QED) is 0.504. The third-order valence-corrected chi connectivity index (χ3v) is 3.83. The summed E-state index contributed by atoms with van der Waals surface area (Å²) in [5.41, 5.74) is 1.92. The molecule has 0 heterocycles. The van der Waals surface area contributed by atoms with Crippen molar-refractivity contribution in [3.63, 3.8) is 0 Å². The average molecular weight is 393 g/mol. The molecule has 0 unspecified atom stereocenters.